The van der Waals surface area contributed by atoms with Crippen molar-refractivity contribution >= 4 is 0 Å². The highest BCUT2D eigenvalue weighted by Crippen LogP contribution is 2.17. The number of aliphatic hydroxyl groups excluding tert-OH is 1. The molecule has 4 heteroatoms. The number of aliphatic hydroxyl groups is 1. The number of benzene rings is 1. The van der Waals surface area contributed by atoms with Gasteiger partial charge in [-0.3, -0.25) is 0 Å². The molecule has 2 unspecified atom stereocenters. The summed E-state index contributed by atoms with van der Waals surface area (Å²) in [5.41, 5.74) is 0. The summed E-state index contributed by atoms with van der Waals surface area (Å²) < 4.78 is 18.5. The zero-order valence-electron chi connectivity index (χ0n) is 9.73. The van der Waals surface area contributed by atoms with Crippen molar-refractivity contribution in [3.8, 4) is 5.75 Å². The van der Waals surface area contributed by atoms with E-state index in [9.17, 15) is 9.50 Å². The average molecular weight is 239 g/mol. The normalized spacial score (nSPS) is 21.4. The first-order chi connectivity index (χ1) is 8.27. The topological polar surface area (TPSA) is 41.5 Å². The zero-order valence-corrected chi connectivity index (χ0v) is 9.73. The first-order valence-corrected chi connectivity index (χ1v) is 6.06. The van der Waals surface area contributed by atoms with Crippen LogP contribution in [0.4, 0.5) is 4.39 Å². The van der Waals surface area contributed by atoms with Crippen LogP contribution in [0, 0.1) is 5.82 Å². The van der Waals surface area contributed by atoms with Gasteiger partial charge in [-0.2, -0.15) is 0 Å². The third-order valence-corrected chi connectivity index (χ3v) is 3.07. The van der Waals surface area contributed by atoms with Gasteiger partial charge in [-0.25, -0.2) is 4.39 Å². The highest BCUT2D eigenvalue weighted by molar-refractivity contribution is 5.23. The summed E-state index contributed by atoms with van der Waals surface area (Å²) in [6.45, 7) is 1.30. The third-order valence-electron chi connectivity index (χ3n) is 3.07. The second-order valence-electron chi connectivity index (χ2n) is 4.34. The van der Waals surface area contributed by atoms with E-state index in [4.69, 9.17) is 4.74 Å². The van der Waals surface area contributed by atoms with Gasteiger partial charge in [0.05, 0.1) is 12.7 Å². The molecule has 0 aromatic heterocycles. The molecule has 1 fully saturated rings. The van der Waals surface area contributed by atoms with Crippen LogP contribution in [0.25, 0.3) is 0 Å². The minimum Gasteiger partial charge on any atom is -0.490 e. The molecular formula is C13H18FNO2. The molecule has 0 amide bonds. The molecule has 1 heterocycles. The Kier molecular flexibility index (Phi) is 4.34. The Bertz CT molecular complexity index is 353. The van der Waals surface area contributed by atoms with Crippen molar-refractivity contribution in [1.82, 2.24) is 5.32 Å². The second kappa shape index (κ2) is 5.98. The number of rotatable bonds is 5. The van der Waals surface area contributed by atoms with Crippen molar-refractivity contribution < 1.29 is 14.2 Å². The minimum absolute atomic E-state index is 0.166. The number of nitrogens with one attached hydrogen (secondary N) is 1. The van der Waals surface area contributed by atoms with Gasteiger partial charge in [0.1, 0.15) is 0 Å². The van der Waals surface area contributed by atoms with Crippen LogP contribution < -0.4 is 10.1 Å². The Hall–Kier alpha value is -1.13. The monoisotopic (exact) mass is 239 g/mol. The molecule has 2 rings (SSSR count). The smallest absolute Gasteiger partial charge is 0.165 e. The minimum atomic E-state index is -0.413. The molecule has 0 aliphatic carbocycles. The summed E-state index contributed by atoms with van der Waals surface area (Å²) in [5.74, 6) is -0.111. The van der Waals surface area contributed by atoms with Crippen molar-refractivity contribution in [3.63, 3.8) is 0 Å². The Morgan fingerprint density at radius 2 is 2.29 bits per heavy atom. The molecule has 1 aliphatic heterocycles. The first kappa shape index (κ1) is 12.3. The van der Waals surface area contributed by atoms with Gasteiger partial charge in [-0.1, -0.05) is 12.1 Å². The van der Waals surface area contributed by atoms with Crippen LogP contribution in [-0.4, -0.2) is 30.4 Å². The Labute approximate surface area is 101 Å². The largest absolute Gasteiger partial charge is 0.490 e. The standard InChI is InChI=1S/C13H18FNO2/c14-10-4-1-2-6-13(10)17-9-7-12(16)11-5-3-8-15-11/h1-2,4,6,11-12,15-16H,3,5,7-9H2. The van der Waals surface area contributed by atoms with E-state index in [-0.39, 0.29) is 17.6 Å². The molecule has 94 valence electrons. The lowest BCUT2D eigenvalue weighted by Gasteiger charge is -2.18. The molecule has 3 nitrogen and oxygen atoms in total. The maximum atomic E-state index is 13.2. The van der Waals surface area contributed by atoms with Crippen molar-refractivity contribution in [3.05, 3.63) is 30.1 Å². The van der Waals surface area contributed by atoms with Crippen LogP contribution in [0.1, 0.15) is 19.3 Å². The predicted octanol–water partition coefficient (Wildman–Crippen LogP) is 1.71. The molecule has 1 saturated heterocycles. The van der Waals surface area contributed by atoms with E-state index in [1.165, 1.54) is 6.07 Å². The average Bonchev–Trinajstić information content (AvgIpc) is 2.85. The number of halogens is 1. The van der Waals surface area contributed by atoms with E-state index in [0.29, 0.717) is 13.0 Å². The summed E-state index contributed by atoms with van der Waals surface area (Å²) in [4.78, 5) is 0. The summed E-state index contributed by atoms with van der Waals surface area (Å²) in [5, 5.41) is 13.1. The zero-order chi connectivity index (χ0) is 12.1. The van der Waals surface area contributed by atoms with Gasteiger partial charge in [0.2, 0.25) is 0 Å². The number of para-hydroxylation sites is 1. The quantitative estimate of drug-likeness (QED) is 0.822. The van der Waals surface area contributed by atoms with E-state index >= 15 is 0 Å². The van der Waals surface area contributed by atoms with Gasteiger partial charge >= 0.3 is 0 Å². The van der Waals surface area contributed by atoms with Gasteiger partial charge < -0.3 is 15.2 Å². The molecular weight excluding hydrogens is 221 g/mol. The molecule has 1 aliphatic rings. The van der Waals surface area contributed by atoms with E-state index in [0.717, 1.165) is 19.4 Å². The van der Waals surface area contributed by atoms with Crippen LogP contribution in [-0.2, 0) is 0 Å². The molecule has 2 N–H and O–H groups in total. The maximum absolute atomic E-state index is 13.2. The fourth-order valence-corrected chi connectivity index (χ4v) is 2.09. The van der Waals surface area contributed by atoms with Gasteiger partial charge in [0, 0.05) is 12.5 Å². The second-order valence-corrected chi connectivity index (χ2v) is 4.34. The van der Waals surface area contributed by atoms with Gasteiger partial charge in [-0.05, 0) is 31.5 Å². The van der Waals surface area contributed by atoms with Crippen LogP contribution in [0.5, 0.6) is 5.75 Å². The highest BCUT2D eigenvalue weighted by Gasteiger charge is 2.22. The predicted molar refractivity (Wildman–Crippen MR) is 63.5 cm³/mol. The Morgan fingerprint density at radius 3 is 3.00 bits per heavy atom. The lowest BCUT2D eigenvalue weighted by Crippen LogP contribution is -2.35. The molecule has 17 heavy (non-hydrogen) atoms. The van der Waals surface area contributed by atoms with E-state index in [1.54, 1.807) is 18.2 Å². The Morgan fingerprint density at radius 1 is 1.47 bits per heavy atom. The van der Waals surface area contributed by atoms with E-state index < -0.39 is 6.10 Å². The van der Waals surface area contributed by atoms with Gasteiger partial charge in [0.15, 0.2) is 11.6 Å². The number of ether oxygens (including phenoxy) is 1. The number of hydrogen-bond donors (Lipinski definition) is 2. The van der Waals surface area contributed by atoms with E-state index in [1.807, 2.05) is 0 Å². The van der Waals surface area contributed by atoms with Crippen LogP contribution in [0.15, 0.2) is 24.3 Å². The molecule has 0 saturated carbocycles. The fourth-order valence-electron chi connectivity index (χ4n) is 2.09. The molecule has 0 radical (unpaired) electrons. The fraction of sp³-hybridized carbons (Fsp3) is 0.538. The maximum Gasteiger partial charge on any atom is 0.165 e. The third kappa shape index (κ3) is 3.41. The van der Waals surface area contributed by atoms with Gasteiger partial charge in [0.25, 0.3) is 0 Å². The SMILES string of the molecule is OC(CCOc1ccccc1F)C1CCCN1. The summed E-state index contributed by atoms with van der Waals surface area (Å²) in [7, 11) is 0. The van der Waals surface area contributed by atoms with Crippen LogP contribution >= 0.6 is 0 Å². The lowest BCUT2D eigenvalue weighted by molar-refractivity contribution is 0.106. The molecule has 1 aromatic carbocycles. The van der Waals surface area contributed by atoms with Crippen molar-refractivity contribution in [2.24, 2.45) is 0 Å². The van der Waals surface area contributed by atoms with Crippen molar-refractivity contribution in [2.45, 2.75) is 31.4 Å². The van der Waals surface area contributed by atoms with Crippen LogP contribution in [0.3, 0.4) is 0 Å². The highest BCUT2D eigenvalue weighted by atomic mass is 19.1. The lowest BCUT2D eigenvalue weighted by atomic mass is 10.1. The molecule has 0 spiro atoms. The first-order valence-electron chi connectivity index (χ1n) is 6.06. The van der Waals surface area contributed by atoms with Crippen molar-refractivity contribution in [2.75, 3.05) is 13.2 Å². The molecule has 2 atom stereocenters. The summed E-state index contributed by atoms with van der Waals surface area (Å²) in [6.07, 6.45) is 2.22. The van der Waals surface area contributed by atoms with Crippen LogP contribution in [0.2, 0.25) is 0 Å². The Balaban J connectivity index is 1.74. The molecule has 0 bridgehead atoms. The summed E-state index contributed by atoms with van der Waals surface area (Å²) in [6, 6.07) is 6.48. The van der Waals surface area contributed by atoms with E-state index in [2.05, 4.69) is 5.32 Å². The van der Waals surface area contributed by atoms with Crippen molar-refractivity contribution in [1.29, 1.82) is 0 Å². The summed E-state index contributed by atoms with van der Waals surface area (Å²) >= 11 is 0. The number of hydrogen-bond acceptors (Lipinski definition) is 3. The van der Waals surface area contributed by atoms with Gasteiger partial charge in [-0.15, -0.1) is 0 Å². The molecule has 1 aromatic rings.